The third kappa shape index (κ3) is 2.03. The Kier molecular flexibility index (Phi) is 2.20. The lowest BCUT2D eigenvalue weighted by Gasteiger charge is -1.95. The zero-order valence-electron chi connectivity index (χ0n) is 5.78. The van der Waals surface area contributed by atoms with Gasteiger partial charge in [-0.25, -0.2) is 4.84 Å². The molecule has 60 valence electrons. The largest absolute Gasteiger partial charge is 0.330 e. The molecule has 0 unspecified atom stereocenters. The number of rotatable bonds is 2. The van der Waals surface area contributed by atoms with E-state index in [1.165, 1.54) is 0 Å². The van der Waals surface area contributed by atoms with Gasteiger partial charge in [0.05, 0.1) is 0 Å². The van der Waals surface area contributed by atoms with Crippen LogP contribution in [0.3, 0.4) is 0 Å². The average molecular weight is 157 g/mol. The number of nitrogens with zero attached hydrogens (tertiary/aromatic N) is 1. The Hall–Kier alpha value is -1.39. The molecule has 1 aliphatic rings. The second-order valence-electron chi connectivity index (χ2n) is 2.22. The van der Waals surface area contributed by atoms with Crippen LogP contribution in [-0.2, 0) is 9.63 Å². The molecule has 0 heterocycles. The third-order valence-electron chi connectivity index (χ3n) is 1.46. The molecule has 0 saturated carbocycles. The molecular formula is C6H7NO4. The van der Waals surface area contributed by atoms with E-state index >= 15 is 0 Å². The van der Waals surface area contributed by atoms with E-state index in [9.17, 15) is 14.9 Å². The van der Waals surface area contributed by atoms with Crippen molar-refractivity contribution in [2.45, 2.75) is 19.3 Å². The summed E-state index contributed by atoms with van der Waals surface area (Å²) in [7, 11) is 0. The first-order valence-electron chi connectivity index (χ1n) is 3.26. The van der Waals surface area contributed by atoms with E-state index in [1.54, 1.807) is 6.08 Å². The van der Waals surface area contributed by atoms with Crippen LogP contribution in [0.4, 0.5) is 0 Å². The molecule has 0 aromatic heterocycles. The van der Waals surface area contributed by atoms with Crippen LogP contribution in [0.2, 0.25) is 0 Å². The van der Waals surface area contributed by atoms with Gasteiger partial charge in [-0.15, -0.1) is 10.1 Å². The standard InChI is InChI=1S/C6H7NO4/c8-6(11-7(9)10)5-3-1-2-4-5/h3H,1-2,4H2. The minimum Gasteiger partial charge on any atom is -0.263 e. The number of carbonyl (C=O) groups excluding carboxylic acids is 1. The molecule has 0 N–H and O–H groups in total. The number of hydrogen-bond donors (Lipinski definition) is 0. The maximum atomic E-state index is 10.7. The summed E-state index contributed by atoms with van der Waals surface area (Å²) in [5.74, 6) is -0.826. The fraction of sp³-hybridized carbons (Fsp3) is 0.500. The van der Waals surface area contributed by atoms with E-state index in [0.717, 1.165) is 12.8 Å². The first kappa shape index (κ1) is 7.71. The SMILES string of the molecule is O=C(O[N+](=O)[O-])C1=CCCC1. The van der Waals surface area contributed by atoms with Crippen LogP contribution in [0.5, 0.6) is 0 Å². The third-order valence-corrected chi connectivity index (χ3v) is 1.46. The Labute approximate surface area is 62.8 Å². The summed E-state index contributed by atoms with van der Waals surface area (Å²) in [5.41, 5.74) is 0.418. The summed E-state index contributed by atoms with van der Waals surface area (Å²) in [6.45, 7) is 0. The Bertz CT molecular complexity index is 221. The van der Waals surface area contributed by atoms with Crippen molar-refractivity contribution in [2.24, 2.45) is 0 Å². The number of hydrogen-bond acceptors (Lipinski definition) is 4. The van der Waals surface area contributed by atoms with Gasteiger partial charge in [-0.2, -0.15) is 0 Å². The van der Waals surface area contributed by atoms with E-state index in [2.05, 4.69) is 4.84 Å². The lowest BCUT2D eigenvalue weighted by atomic mass is 10.2. The fourth-order valence-corrected chi connectivity index (χ4v) is 0.983. The van der Waals surface area contributed by atoms with Crippen molar-refractivity contribution in [2.75, 3.05) is 0 Å². The second-order valence-corrected chi connectivity index (χ2v) is 2.22. The first-order chi connectivity index (χ1) is 5.20. The number of carbonyl (C=O) groups is 1. The van der Waals surface area contributed by atoms with Gasteiger partial charge in [-0.3, -0.25) is 4.79 Å². The van der Waals surface area contributed by atoms with Crippen molar-refractivity contribution in [3.63, 3.8) is 0 Å². The van der Waals surface area contributed by atoms with Crippen molar-refractivity contribution in [1.82, 2.24) is 0 Å². The van der Waals surface area contributed by atoms with Crippen molar-refractivity contribution in [3.05, 3.63) is 21.8 Å². The summed E-state index contributed by atoms with van der Waals surface area (Å²) in [5, 5.41) is 8.62. The fourth-order valence-electron chi connectivity index (χ4n) is 0.983. The highest BCUT2D eigenvalue weighted by Gasteiger charge is 2.16. The minimum absolute atomic E-state index is 0.418. The van der Waals surface area contributed by atoms with Gasteiger partial charge in [-0.05, 0) is 19.3 Å². The molecule has 0 saturated heterocycles. The zero-order valence-corrected chi connectivity index (χ0v) is 5.78. The Morgan fingerprint density at radius 1 is 1.73 bits per heavy atom. The van der Waals surface area contributed by atoms with Crippen LogP contribution < -0.4 is 0 Å². The van der Waals surface area contributed by atoms with E-state index < -0.39 is 11.1 Å². The molecule has 0 atom stereocenters. The predicted molar refractivity (Wildman–Crippen MR) is 35.0 cm³/mol. The molecule has 0 amide bonds. The lowest BCUT2D eigenvalue weighted by Crippen LogP contribution is -2.11. The van der Waals surface area contributed by atoms with E-state index in [0.29, 0.717) is 12.0 Å². The van der Waals surface area contributed by atoms with Gasteiger partial charge in [0, 0.05) is 5.57 Å². The molecule has 0 radical (unpaired) electrons. The molecule has 11 heavy (non-hydrogen) atoms. The zero-order chi connectivity index (χ0) is 8.27. The van der Waals surface area contributed by atoms with Gasteiger partial charge in [-0.1, -0.05) is 6.08 Å². The molecule has 0 fully saturated rings. The van der Waals surface area contributed by atoms with Gasteiger partial charge < -0.3 is 0 Å². The van der Waals surface area contributed by atoms with Gasteiger partial charge in [0.2, 0.25) is 0 Å². The van der Waals surface area contributed by atoms with Crippen LogP contribution in [-0.4, -0.2) is 11.1 Å². The molecule has 1 rings (SSSR count). The Morgan fingerprint density at radius 2 is 2.45 bits per heavy atom. The van der Waals surface area contributed by atoms with Crippen molar-refractivity contribution in [1.29, 1.82) is 0 Å². The monoisotopic (exact) mass is 157 g/mol. The molecule has 0 bridgehead atoms. The normalized spacial score (nSPS) is 15.8. The van der Waals surface area contributed by atoms with E-state index in [1.807, 2.05) is 0 Å². The Morgan fingerprint density at radius 3 is 2.91 bits per heavy atom. The minimum atomic E-state index is -1.08. The summed E-state index contributed by atoms with van der Waals surface area (Å²) < 4.78 is 0. The predicted octanol–water partition coefficient (Wildman–Crippen LogP) is 0.832. The molecule has 0 aliphatic heterocycles. The van der Waals surface area contributed by atoms with E-state index in [4.69, 9.17) is 0 Å². The summed E-state index contributed by atoms with van der Waals surface area (Å²) in [6.07, 6.45) is 3.95. The molecule has 5 nitrogen and oxygen atoms in total. The van der Waals surface area contributed by atoms with Crippen molar-refractivity contribution >= 4 is 5.97 Å². The topological polar surface area (TPSA) is 69.4 Å². The molecule has 0 aromatic rings. The van der Waals surface area contributed by atoms with Crippen LogP contribution >= 0.6 is 0 Å². The molecular weight excluding hydrogens is 150 g/mol. The highest BCUT2D eigenvalue weighted by Crippen LogP contribution is 2.18. The van der Waals surface area contributed by atoms with Gasteiger partial charge in [0.1, 0.15) is 0 Å². The van der Waals surface area contributed by atoms with Gasteiger partial charge in [0.15, 0.2) is 0 Å². The maximum absolute atomic E-state index is 10.7. The molecule has 1 aliphatic carbocycles. The van der Waals surface area contributed by atoms with Gasteiger partial charge >= 0.3 is 11.1 Å². The smallest absolute Gasteiger partial charge is 0.263 e. The quantitative estimate of drug-likeness (QED) is 0.439. The highest BCUT2D eigenvalue weighted by molar-refractivity contribution is 5.88. The highest BCUT2D eigenvalue weighted by atomic mass is 17.0. The molecule has 0 aromatic carbocycles. The van der Waals surface area contributed by atoms with Crippen LogP contribution in [0, 0.1) is 10.1 Å². The summed E-state index contributed by atoms with van der Waals surface area (Å²) in [6, 6.07) is 0. The van der Waals surface area contributed by atoms with Crippen molar-refractivity contribution in [3.8, 4) is 0 Å². The first-order valence-corrected chi connectivity index (χ1v) is 3.26. The van der Waals surface area contributed by atoms with Crippen LogP contribution in [0.25, 0.3) is 0 Å². The van der Waals surface area contributed by atoms with Crippen LogP contribution in [0.15, 0.2) is 11.6 Å². The van der Waals surface area contributed by atoms with E-state index in [-0.39, 0.29) is 0 Å². The van der Waals surface area contributed by atoms with Crippen molar-refractivity contribution < 1.29 is 14.7 Å². The second kappa shape index (κ2) is 3.14. The summed E-state index contributed by atoms with van der Waals surface area (Å²) >= 11 is 0. The Balaban J connectivity index is 2.47. The van der Waals surface area contributed by atoms with Gasteiger partial charge in [0.25, 0.3) is 0 Å². The lowest BCUT2D eigenvalue weighted by molar-refractivity contribution is -0.728. The average Bonchev–Trinajstić information content (AvgIpc) is 2.35. The molecule has 0 spiro atoms. The number of allylic oxidation sites excluding steroid dienone is 1. The molecule has 5 heteroatoms. The summed E-state index contributed by atoms with van der Waals surface area (Å²) in [4.78, 5) is 24.2. The van der Waals surface area contributed by atoms with Crippen LogP contribution in [0.1, 0.15) is 19.3 Å². The maximum Gasteiger partial charge on any atom is 0.330 e.